The standard InChI is InChI=1S/C11H24N2/c1-2-3-5-8-13-9-6-4-7-11(13)10-12/h11H,2-10,12H2,1H3. The van der Waals surface area contributed by atoms with Crippen molar-refractivity contribution >= 4 is 0 Å². The highest BCUT2D eigenvalue weighted by molar-refractivity contribution is 4.77. The van der Waals surface area contributed by atoms with Gasteiger partial charge in [-0.2, -0.15) is 0 Å². The van der Waals surface area contributed by atoms with Gasteiger partial charge in [-0.1, -0.05) is 26.2 Å². The molecular formula is C11H24N2. The van der Waals surface area contributed by atoms with Crippen molar-refractivity contribution in [3.05, 3.63) is 0 Å². The summed E-state index contributed by atoms with van der Waals surface area (Å²) < 4.78 is 0. The first-order chi connectivity index (χ1) is 6.38. The van der Waals surface area contributed by atoms with Gasteiger partial charge in [0.2, 0.25) is 0 Å². The molecule has 2 nitrogen and oxygen atoms in total. The van der Waals surface area contributed by atoms with Crippen molar-refractivity contribution in [2.45, 2.75) is 51.5 Å². The third kappa shape index (κ3) is 3.65. The van der Waals surface area contributed by atoms with Crippen molar-refractivity contribution in [3.63, 3.8) is 0 Å². The lowest BCUT2D eigenvalue weighted by molar-refractivity contribution is 0.150. The Hall–Kier alpha value is -0.0800. The van der Waals surface area contributed by atoms with E-state index in [9.17, 15) is 0 Å². The van der Waals surface area contributed by atoms with Crippen LogP contribution in [0.3, 0.4) is 0 Å². The first kappa shape index (κ1) is 11.0. The molecule has 2 N–H and O–H groups in total. The third-order valence-corrected chi connectivity index (χ3v) is 3.07. The number of nitrogens with zero attached hydrogens (tertiary/aromatic N) is 1. The van der Waals surface area contributed by atoms with Gasteiger partial charge in [-0.25, -0.2) is 0 Å². The van der Waals surface area contributed by atoms with E-state index in [1.165, 1.54) is 51.6 Å². The predicted molar refractivity (Wildman–Crippen MR) is 57.8 cm³/mol. The quantitative estimate of drug-likeness (QED) is 0.662. The van der Waals surface area contributed by atoms with Crippen LogP contribution >= 0.6 is 0 Å². The summed E-state index contributed by atoms with van der Waals surface area (Å²) >= 11 is 0. The minimum absolute atomic E-state index is 0.686. The Morgan fingerprint density at radius 2 is 2.15 bits per heavy atom. The number of likely N-dealkylation sites (tertiary alicyclic amines) is 1. The molecule has 0 radical (unpaired) electrons. The summed E-state index contributed by atoms with van der Waals surface area (Å²) in [4.78, 5) is 2.60. The molecule has 0 spiro atoms. The number of piperidine rings is 1. The molecule has 78 valence electrons. The molecule has 0 aromatic heterocycles. The van der Waals surface area contributed by atoms with Crippen molar-refractivity contribution in [3.8, 4) is 0 Å². The molecule has 2 heteroatoms. The zero-order valence-corrected chi connectivity index (χ0v) is 8.97. The van der Waals surface area contributed by atoms with Crippen LogP contribution in [0.4, 0.5) is 0 Å². The van der Waals surface area contributed by atoms with Crippen LogP contribution < -0.4 is 5.73 Å². The van der Waals surface area contributed by atoms with Crippen molar-refractivity contribution in [2.24, 2.45) is 5.73 Å². The maximum absolute atomic E-state index is 5.76. The molecule has 1 unspecified atom stereocenters. The van der Waals surface area contributed by atoms with E-state index in [0.717, 1.165) is 6.54 Å². The van der Waals surface area contributed by atoms with Gasteiger partial charge in [0.1, 0.15) is 0 Å². The number of hydrogen-bond acceptors (Lipinski definition) is 2. The fourth-order valence-electron chi connectivity index (χ4n) is 2.19. The average Bonchev–Trinajstić information content (AvgIpc) is 2.19. The van der Waals surface area contributed by atoms with E-state index in [1.807, 2.05) is 0 Å². The second kappa shape index (κ2) is 6.39. The fraction of sp³-hybridized carbons (Fsp3) is 1.00. The molecule has 1 heterocycles. The summed E-state index contributed by atoms with van der Waals surface area (Å²) in [6.07, 6.45) is 8.12. The van der Waals surface area contributed by atoms with E-state index >= 15 is 0 Å². The van der Waals surface area contributed by atoms with Gasteiger partial charge >= 0.3 is 0 Å². The van der Waals surface area contributed by atoms with Gasteiger partial charge in [0, 0.05) is 12.6 Å². The molecule has 0 aromatic rings. The number of hydrogen-bond donors (Lipinski definition) is 1. The Bertz CT molecular complexity index is 125. The summed E-state index contributed by atoms with van der Waals surface area (Å²) in [5.74, 6) is 0. The highest BCUT2D eigenvalue weighted by Crippen LogP contribution is 2.16. The van der Waals surface area contributed by atoms with Gasteiger partial charge in [-0.3, -0.25) is 4.90 Å². The van der Waals surface area contributed by atoms with Crippen LogP contribution in [0.1, 0.15) is 45.4 Å². The highest BCUT2D eigenvalue weighted by Gasteiger charge is 2.19. The van der Waals surface area contributed by atoms with Crippen LogP contribution in [0.2, 0.25) is 0 Å². The van der Waals surface area contributed by atoms with Gasteiger partial charge in [0.15, 0.2) is 0 Å². The molecular weight excluding hydrogens is 160 g/mol. The highest BCUT2D eigenvalue weighted by atomic mass is 15.2. The van der Waals surface area contributed by atoms with Crippen LogP contribution in [-0.4, -0.2) is 30.6 Å². The number of unbranched alkanes of at least 4 members (excludes halogenated alkanes) is 2. The Morgan fingerprint density at radius 1 is 1.31 bits per heavy atom. The third-order valence-electron chi connectivity index (χ3n) is 3.07. The molecule has 0 amide bonds. The molecule has 1 fully saturated rings. The lowest BCUT2D eigenvalue weighted by Gasteiger charge is -2.34. The van der Waals surface area contributed by atoms with E-state index in [-0.39, 0.29) is 0 Å². The van der Waals surface area contributed by atoms with Gasteiger partial charge in [-0.05, 0) is 32.4 Å². The average molecular weight is 184 g/mol. The predicted octanol–water partition coefficient (Wildman–Crippen LogP) is 1.99. The van der Waals surface area contributed by atoms with Crippen LogP contribution in [0.5, 0.6) is 0 Å². The van der Waals surface area contributed by atoms with E-state index in [0.29, 0.717) is 6.04 Å². The maximum Gasteiger partial charge on any atom is 0.0218 e. The smallest absolute Gasteiger partial charge is 0.0218 e. The minimum atomic E-state index is 0.686. The second-order valence-corrected chi connectivity index (χ2v) is 4.13. The normalized spacial score (nSPS) is 24.9. The summed E-state index contributed by atoms with van der Waals surface area (Å²) in [5, 5.41) is 0. The maximum atomic E-state index is 5.76. The molecule has 1 rings (SSSR count). The molecule has 1 aliphatic heterocycles. The van der Waals surface area contributed by atoms with Gasteiger partial charge < -0.3 is 5.73 Å². The van der Waals surface area contributed by atoms with Crippen LogP contribution in [0.25, 0.3) is 0 Å². The Kier molecular flexibility index (Phi) is 5.40. The van der Waals surface area contributed by atoms with E-state index in [2.05, 4.69) is 11.8 Å². The van der Waals surface area contributed by atoms with Crippen molar-refractivity contribution in [1.82, 2.24) is 4.90 Å². The molecule has 1 saturated heterocycles. The van der Waals surface area contributed by atoms with Gasteiger partial charge in [0.05, 0.1) is 0 Å². The molecule has 1 atom stereocenters. The SMILES string of the molecule is CCCCCN1CCCCC1CN. The van der Waals surface area contributed by atoms with Gasteiger partial charge in [0.25, 0.3) is 0 Å². The summed E-state index contributed by atoms with van der Waals surface area (Å²) in [6, 6.07) is 0.686. The summed E-state index contributed by atoms with van der Waals surface area (Å²) in [7, 11) is 0. The van der Waals surface area contributed by atoms with Crippen molar-refractivity contribution in [2.75, 3.05) is 19.6 Å². The summed E-state index contributed by atoms with van der Waals surface area (Å²) in [5.41, 5.74) is 5.76. The molecule has 0 bridgehead atoms. The lowest BCUT2D eigenvalue weighted by atomic mass is 10.0. The number of nitrogens with two attached hydrogens (primary N) is 1. The molecule has 0 saturated carbocycles. The van der Waals surface area contributed by atoms with Crippen LogP contribution in [0.15, 0.2) is 0 Å². The zero-order chi connectivity index (χ0) is 9.52. The Morgan fingerprint density at radius 3 is 2.85 bits per heavy atom. The molecule has 0 aromatic carbocycles. The largest absolute Gasteiger partial charge is 0.329 e. The Balaban J connectivity index is 2.19. The topological polar surface area (TPSA) is 29.3 Å². The van der Waals surface area contributed by atoms with E-state index < -0.39 is 0 Å². The Labute approximate surface area is 82.5 Å². The first-order valence-corrected chi connectivity index (χ1v) is 5.82. The van der Waals surface area contributed by atoms with E-state index in [1.54, 1.807) is 0 Å². The van der Waals surface area contributed by atoms with Crippen molar-refractivity contribution < 1.29 is 0 Å². The molecule has 1 aliphatic rings. The first-order valence-electron chi connectivity index (χ1n) is 5.82. The lowest BCUT2D eigenvalue weighted by Crippen LogP contribution is -2.44. The van der Waals surface area contributed by atoms with Crippen LogP contribution in [-0.2, 0) is 0 Å². The van der Waals surface area contributed by atoms with Crippen LogP contribution in [0, 0.1) is 0 Å². The zero-order valence-electron chi connectivity index (χ0n) is 8.97. The van der Waals surface area contributed by atoms with E-state index in [4.69, 9.17) is 5.73 Å². The van der Waals surface area contributed by atoms with Crippen molar-refractivity contribution in [1.29, 1.82) is 0 Å². The number of rotatable bonds is 5. The summed E-state index contributed by atoms with van der Waals surface area (Å²) in [6.45, 7) is 5.67. The molecule has 0 aliphatic carbocycles. The second-order valence-electron chi connectivity index (χ2n) is 4.13. The van der Waals surface area contributed by atoms with Gasteiger partial charge in [-0.15, -0.1) is 0 Å². The molecule has 13 heavy (non-hydrogen) atoms. The fourth-order valence-corrected chi connectivity index (χ4v) is 2.19. The monoisotopic (exact) mass is 184 g/mol. The minimum Gasteiger partial charge on any atom is -0.329 e.